The fraction of sp³-hybridized carbons (Fsp3) is 0.222. The summed E-state index contributed by atoms with van der Waals surface area (Å²) >= 11 is 9.42. The zero-order valence-corrected chi connectivity index (χ0v) is 16.2. The smallest absolute Gasteiger partial charge is 0.251 e. The molecule has 1 fully saturated rings. The van der Waals surface area contributed by atoms with Crippen molar-refractivity contribution in [2.45, 2.75) is 6.04 Å². The first-order valence-electron chi connectivity index (χ1n) is 8.15. The topological polar surface area (TPSA) is 80.0 Å². The van der Waals surface area contributed by atoms with Crippen LogP contribution in [0.2, 0.25) is 5.02 Å². The lowest BCUT2D eigenvalue weighted by molar-refractivity contribution is 0.100. The Morgan fingerprint density at radius 2 is 2.19 bits per heavy atom. The van der Waals surface area contributed by atoms with E-state index in [0.29, 0.717) is 16.6 Å². The van der Waals surface area contributed by atoms with Gasteiger partial charge in [-0.2, -0.15) is 0 Å². The van der Waals surface area contributed by atoms with E-state index in [1.807, 2.05) is 36.0 Å². The van der Waals surface area contributed by atoms with E-state index in [1.54, 1.807) is 6.20 Å². The fourth-order valence-corrected chi connectivity index (χ4v) is 5.18. The second-order valence-corrected chi connectivity index (χ2v) is 8.56. The first kappa shape index (κ1) is 17.6. The largest absolute Gasteiger partial charge is 0.368 e. The molecule has 1 amide bonds. The van der Waals surface area contributed by atoms with Gasteiger partial charge >= 0.3 is 0 Å². The number of thiophene rings is 1. The van der Waals surface area contributed by atoms with E-state index in [-0.39, 0.29) is 0 Å². The molecule has 8 heteroatoms. The lowest BCUT2D eigenvalue weighted by atomic mass is 10.1. The molecule has 1 aliphatic rings. The zero-order valence-electron chi connectivity index (χ0n) is 13.8. The Morgan fingerprint density at radius 1 is 1.38 bits per heavy atom. The average molecular weight is 405 g/mol. The lowest BCUT2D eigenvalue weighted by Gasteiger charge is -2.12. The maximum absolute atomic E-state index is 11.8. The van der Waals surface area contributed by atoms with Gasteiger partial charge in [-0.3, -0.25) is 4.79 Å². The third kappa shape index (κ3) is 3.53. The Morgan fingerprint density at radius 3 is 2.88 bits per heavy atom. The number of hydrogen-bond acceptors (Lipinski definition) is 6. The molecule has 0 radical (unpaired) electrons. The van der Waals surface area contributed by atoms with Crippen LogP contribution in [-0.2, 0) is 0 Å². The van der Waals surface area contributed by atoms with Crippen molar-refractivity contribution in [3.8, 4) is 10.4 Å². The fourth-order valence-electron chi connectivity index (χ4n) is 2.88. The maximum Gasteiger partial charge on any atom is 0.251 e. The summed E-state index contributed by atoms with van der Waals surface area (Å²) in [5, 5.41) is 8.46. The van der Waals surface area contributed by atoms with Crippen molar-refractivity contribution in [1.82, 2.24) is 10.3 Å². The first-order chi connectivity index (χ1) is 12.6. The number of pyridine rings is 1. The number of carbonyl (C=O) groups is 1. The molecule has 0 spiro atoms. The van der Waals surface area contributed by atoms with Gasteiger partial charge in [0.1, 0.15) is 5.82 Å². The van der Waals surface area contributed by atoms with Crippen LogP contribution in [0.25, 0.3) is 20.5 Å². The van der Waals surface area contributed by atoms with Crippen molar-refractivity contribution in [3.05, 3.63) is 47.1 Å². The molecule has 1 saturated heterocycles. The molecule has 26 heavy (non-hydrogen) atoms. The zero-order chi connectivity index (χ0) is 18.1. The van der Waals surface area contributed by atoms with Crippen LogP contribution >= 0.6 is 34.7 Å². The Bertz CT molecular complexity index is 952. The molecule has 1 aromatic carbocycles. The van der Waals surface area contributed by atoms with Gasteiger partial charge in [0, 0.05) is 45.7 Å². The molecular formula is C18H17ClN4OS2. The van der Waals surface area contributed by atoms with Gasteiger partial charge in [-0.15, -0.1) is 23.1 Å². The number of amides is 1. The van der Waals surface area contributed by atoms with Crippen LogP contribution in [0.5, 0.6) is 0 Å². The SMILES string of the molecule is NC(=O)c1cnc(NC[C@@H]2CSCN2)c2cc(-c3ccc(Cl)cc3)sc12. The van der Waals surface area contributed by atoms with Gasteiger partial charge in [0.05, 0.1) is 10.3 Å². The highest BCUT2D eigenvalue weighted by molar-refractivity contribution is 7.99. The van der Waals surface area contributed by atoms with Gasteiger partial charge < -0.3 is 16.4 Å². The second kappa shape index (κ2) is 7.44. The number of nitrogens with two attached hydrogens (primary N) is 1. The molecule has 3 aromatic rings. The van der Waals surface area contributed by atoms with Gasteiger partial charge in [0.2, 0.25) is 0 Å². The van der Waals surface area contributed by atoms with E-state index in [0.717, 1.165) is 44.5 Å². The highest BCUT2D eigenvalue weighted by Gasteiger charge is 2.18. The molecule has 0 aliphatic carbocycles. The predicted octanol–water partition coefficient (Wildman–Crippen LogP) is 3.79. The summed E-state index contributed by atoms with van der Waals surface area (Å²) < 4.78 is 0.855. The number of halogens is 1. The quantitative estimate of drug-likeness (QED) is 0.602. The molecule has 1 atom stereocenters. The minimum atomic E-state index is -0.465. The number of thioether (sulfide) groups is 1. The molecule has 4 rings (SSSR count). The number of carbonyl (C=O) groups excluding carboxylic acids is 1. The lowest BCUT2D eigenvalue weighted by Crippen LogP contribution is -2.31. The van der Waals surface area contributed by atoms with E-state index in [4.69, 9.17) is 17.3 Å². The molecular weight excluding hydrogens is 388 g/mol. The molecule has 0 unspecified atom stereocenters. The number of fused-ring (bicyclic) bond motifs is 1. The molecule has 2 aromatic heterocycles. The minimum Gasteiger partial charge on any atom is -0.368 e. The molecule has 1 aliphatic heterocycles. The summed E-state index contributed by atoms with van der Waals surface area (Å²) in [5.41, 5.74) is 7.04. The summed E-state index contributed by atoms with van der Waals surface area (Å²) in [7, 11) is 0. The van der Waals surface area contributed by atoms with Crippen molar-refractivity contribution >= 4 is 56.5 Å². The number of primary amides is 1. The van der Waals surface area contributed by atoms with E-state index in [1.165, 1.54) is 11.3 Å². The summed E-state index contributed by atoms with van der Waals surface area (Å²) in [6.45, 7) is 0.789. The van der Waals surface area contributed by atoms with Crippen molar-refractivity contribution in [1.29, 1.82) is 0 Å². The van der Waals surface area contributed by atoms with Crippen molar-refractivity contribution in [2.75, 3.05) is 23.5 Å². The van der Waals surface area contributed by atoms with Crippen LogP contribution in [0.3, 0.4) is 0 Å². The van der Waals surface area contributed by atoms with Crippen LogP contribution in [0, 0.1) is 0 Å². The van der Waals surface area contributed by atoms with Gasteiger partial charge in [-0.1, -0.05) is 23.7 Å². The minimum absolute atomic E-state index is 0.419. The highest BCUT2D eigenvalue weighted by atomic mass is 35.5. The van der Waals surface area contributed by atoms with Crippen LogP contribution in [0.15, 0.2) is 36.5 Å². The normalized spacial score (nSPS) is 16.9. The van der Waals surface area contributed by atoms with Crippen molar-refractivity contribution in [2.24, 2.45) is 5.73 Å². The Balaban J connectivity index is 1.73. The molecule has 3 heterocycles. The Labute approximate surface area is 164 Å². The third-order valence-electron chi connectivity index (χ3n) is 4.26. The number of nitrogens with one attached hydrogen (secondary N) is 2. The highest BCUT2D eigenvalue weighted by Crippen LogP contribution is 2.38. The van der Waals surface area contributed by atoms with Crippen LogP contribution in [0.4, 0.5) is 5.82 Å². The number of rotatable bonds is 5. The van der Waals surface area contributed by atoms with Crippen LogP contribution in [-0.4, -0.2) is 35.1 Å². The number of benzene rings is 1. The average Bonchev–Trinajstić information content (AvgIpc) is 3.29. The number of hydrogen-bond donors (Lipinski definition) is 3. The predicted molar refractivity (Wildman–Crippen MR) is 111 cm³/mol. The Hall–Kier alpha value is -1.80. The first-order valence-corrected chi connectivity index (χ1v) is 10.5. The van der Waals surface area contributed by atoms with Crippen LogP contribution in [0.1, 0.15) is 10.4 Å². The number of nitrogens with zero attached hydrogens (tertiary/aromatic N) is 1. The summed E-state index contributed by atoms with van der Waals surface area (Å²) in [5.74, 6) is 2.37. The third-order valence-corrected chi connectivity index (χ3v) is 6.74. The monoisotopic (exact) mass is 404 g/mol. The van der Waals surface area contributed by atoms with Gasteiger partial charge in [0.25, 0.3) is 5.91 Å². The van der Waals surface area contributed by atoms with E-state index < -0.39 is 5.91 Å². The summed E-state index contributed by atoms with van der Waals surface area (Å²) in [6.07, 6.45) is 1.56. The van der Waals surface area contributed by atoms with Crippen molar-refractivity contribution in [3.63, 3.8) is 0 Å². The second-order valence-electron chi connectivity index (χ2n) is 6.04. The molecule has 134 valence electrons. The van der Waals surface area contributed by atoms with Gasteiger partial charge in [0.15, 0.2) is 0 Å². The molecule has 4 N–H and O–H groups in total. The van der Waals surface area contributed by atoms with E-state index in [2.05, 4.69) is 21.7 Å². The van der Waals surface area contributed by atoms with E-state index in [9.17, 15) is 4.79 Å². The van der Waals surface area contributed by atoms with Gasteiger partial charge in [-0.25, -0.2) is 4.98 Å². The Kier molecular flexibility index (Phi) is 5.04. The molecule has 0 bridgehead atoms. The number of anilines is 1. The van der Waals surface area contributed by atoms with E-state index >= 15 is 0 Å². The molecule has 0 saturated carbocycles. The number of aromatic nitrogens is 1. The standard InChI is InChI=1S/C18H17ClN4OS2/c19-11-3-1-10(2-4-11)15-5-13-16(26-15)14(17(20)24)7-22-18(13)21-6-12-8-25-9-23-12/h1-5,7,12,23H,6,8-9H2,(H2,20,24)(H,21,22)/t12-/m1/s1. The maximum atomic E-state index is 11.8. The summed E-state index contributed by atoms with van der Waals surface area (Å²) in [4.78, 5) is 17.3. The molecule has 5 nitrogen and oxygen atoms in total. The van der Waals surface area contributed by atoms with Crippen LogP contribution < -0.4 is 16.4 Å². The summed E-state index contributed by atoms with van der Waals surface area (Å²) in [6, 6.07) is 10.1. The van der Waals surface area contributed by atoms with Crippen molar-refractivity contribution < 1.29 is 4.79 Å². The van der Waals surface area contributed by atoms with Gasteiger partial charge in [-0.05, 0) is 23.8 Å².